The van der Waals surface area contributed by atoms with E-state index in [1.165, 1.54) is 25.7 Å². The Morgan fingerprint density at radius 1 is 1.40 bits per heavy atom. The molecule has 20 heavy (non-hydrogen) atoms. The van der Waals surface area contributed by atoms with Gasteiger partial charge in [-0.1, -0.05) is 19.8 Å². The van der Waals surface area contributed by atoms with Crippen molar-refractivity contribution >= 4 is 38.7 Å². The Hall–Kier alpha value is -0.610. The predicted molar refractivity (Wildman–Crippen MR) is 86.2 cm³/mol. The van der Waals surface area contributed by atoms with E-state index in [2.05, 4.69) is 32.4 Å². The first-order valence-corrected chi connectivity index (χ1v) is 8.48. The molecule has 0 radical (unpaired) electrons. The van der Waals surface area contributed by atoms with E-state index >= 15 is 0 Å². The predicted octanol–water partition coefficient (Wildman–Crippen LogP) is 5.24. The van der Waals surface area contributed by atoms with Crippen LogP contribution in [0, 0.1) is 5.92 Å². The average Bonchev–Trinajstić information content (AvgIpc) is 2.78. The second-order valence-electron chi connectivity index (χ2n) is 5.78. The lowest BCUT2D eigenvalue weighted by Crippen LogP contribution is -2.23. The molecule has 0 saturated heterocycles. The van der Waals surface area contributed by atoms with Crippen LogP contribution in [0.3, 0.4) is 0 Å². The highest BCUT2D eigenvalue weighted by atomic mass is 79.9. The highest BCUT2D eigenvalue weighted by molar-refractivity contribution is 9.10. The first-order chi connectivity index (χ1) is 9.58. The number of pyridine rings is 1. The molecule has 2 aromatic rings. The van der Waals surface area contributed by atoms with Crippen LogP contribution in [0.5, 0.6) is 0 Å². The van der Waals surface area contributed by atoms with Gasteiger partial charge < -0.3 is 4.57 Å². The third-order valence-corrected chi connectivity index (χ3v) is 4.91. The summed E-state index contributed by atoms with van der Waals surface area (Å²) in [6.07, 6.45) is 6.92. The zero-order valence-electron chi connectivity index (χ0n) is 11.8. The molecular weight excluding hydrogens is 338 g/mol. The molecule has 0 amide bonds. The molecule has 3 unspecified atom stereocenters. The van der Waals surface area contributed by atoms with Gasteiger partial charge in [0.1, 0.15) is 11.3 Å². The zero-order valence-corrected chi connectivity index (χ0v) is 14.2. The van der Waals surface area contributed by atoms with Crippen molar-refractivity contribution in [2.45, 2.75) is 50.9 Å². The molecule has 0 aromatic carbocycles. The topological polar surface area (TPSA) is 30.7 Å². The minimum atomic E-state index is -0.0999. The highest BCUT2D eigenvalue weighted by Crippen LogP contribution is 2.38. The monoisotopic (exact) mass is 355 g/mol. The first-order valence-electron chi connectivity index (χ1n) is 7.25. The fourth-order valence-electron chi connectivity index (χ4n) is 3.26. The van der Waals surface area contributed by atoms with Gasteiger partial charge in [-0.25, -0.2) is 9.97 Å². The summed E-state index contributed by atoms with van der Waals surface area (Å²) in [5.41, 5.74) is 1.90. The number of fused-ring (bicyclic) bond motifs is 1. The van der Waals surface area contributed by atoms with Crippen LogP contribution in [0.25, 0.3) is 11.2 Å². The van der Waals surface area contributed by atoms with Gasteiger partial charge in [-0.2, -0.15) is 0 Å². The molecule has 1 saturated carbocycles. The van der Waals surface area contributed by atoms with Crippen LogP contribution in [0.2, 0.25) is 0 Å². The molecule has 3 nitrogen and oxygen atoms in total. The average molecular weight is 357 g/mol. The molecule has 3 rings (SSSR count). The summed E-state index contributed by atoms with van der Waals surface area (Å²) < 4.78 is 3.25. The maximum absolute atomic E-state index is 6.36. The van der Waals surface area contributed by atoms with E-state index in [4.69, 9.17) is 16.6 Å². The quantitative estimate of drug-likeness (QED) is 0.688. The molecule has 2 heterocycles. The summed E-state index contributed by atoms with van der Waals surface area (Å²) in [7, 11) is 0. The number of imidazole rings is 1. The van der Waals surface area contributed by atoms with Crippen LogP contribution in [-0.4, -0.2) is 14.5 Å². The standard InChI is InChI=1S/C15H19BrClN3/c1-9-5-3-4-6-13(9)20-14(10(2)17)19-12-7-11(16)8-18-15(12)20/h7-10,13H,3-6H2,1-2H3. The minimum Gasteiger partial charge on any atom is -0.308 e. The van der Waals surface area contributed by atoms with Crippen molar-refractivity contribution in [3.05, 3.63) is 22.6 Å². The fraction of sp³-hybridized carbons (Fsp3) is 0.600. The van der Waals surface area contributed by atoms with E-state index in [-0.39, 0.29) is 5.38 Å². The minimum absolute atomic E-state index is 0.0999. The molecule has 0 N–H and O–H groups in total. The maximum atomic E-state index is 6.36. The number of aromatic nitrogens is 3. The van der Waals surface area contributed by atoms with Gasteiger partial charge >= 0.3 is 0 Å². The summed E-state index contributed by atoms with van der Waals surface area (Å²) >= 11 is 9.83. The summed E-state index contributed by atoms with van der Waals surface area (Å²) in [5.74, 6) is 1.60. The largest absolute Gasteiger partial charge is 0.308 e. The summed E-state index contributed by atoms with van der Waals surface area (Å²) in [5, 5.41) is -0.0999. The summed E-state index contributed by atoms with van der Waals surface area (Å²) in [6, 6.07) is 2.49. The molecule has 5 heteroatoms. The van der Waals surface area contributed by atoms with Crippen LogP contribution in [0.1, 0.15) is 56.8 Å². The van der Waals surface area contributed by atoms with Crippen LogP contribution in [-0.2, 0) is 0 Å². The van der Waals surface area contributed by atoms with E-state index < -0.39 is 0 Å². The Morgan fingerprint density at radius 2 is 2.15 bits per heavy atom. The Balaban J connectivity index is 2.18. The van der Waals surface area contributed by atoms with Gasteiger partial charge in [-0.05, 0) is 47.7 Å². The zero-order chi connectivity index (χ0) is 14.3. The molecule has 0 spiro atoms. The van der Waals surface area contributed by atoms with Gasteiger partial charge in [0.2, 0.25) is 0 Å². The number of rotatable bonds is 2. The first kappa shape index (κ1) is 14.3. The van der Waals surface area contributed by atoms with Crippen molar-refractivity contribution < 1.29 is 0 Å². The SMILES string of the molecule is CC(Cl)c1nc2cc(Br)cnc2n1C1CCCCC1C. The lowest BCUT2D eigenvalue weighted by Gasteiger charge is -2.31. The molecule has 108 valence electrons. The third-order valence-electron chi connectivity index (χ3n) is 4.28. The van der Waals surface area contributed by atoms with Crippen LogP contribution >= 0.6 is 27.5 Å². The molecular formula is C15H19BrClN3. The Morgan fingerprint density at radius 3 is 2.85 bits per heavy atom. The lowest BCUT2D eigenvalue weighted by molar-refractivity contribution is 0.256. The number of hydrogen-bond acceptors (Lipinski definition) is 2. The molecule has 2 aromatic heterocycles. The Kier molecular flexibility index (Phi) is 4.04. The summed E-state index contributed by atoms with van der Waals surface area (Å²) in [6.45, 7) is 4.32. The van der Waals surface area contributed by atoms with Crippen molar-refractivity contribution in [1.29, 1.82) is 0 Å². The molecule has 1 aliphatic carbocycles. The molecule has 3 atom stereocenters. The highest BCUT2D eigenvalue weighted by Gasteiger charge is 2.28. The number of hydrogen-bond donors (Lipinski definition) is 0. The third kappa shape index (κ3) is 2.48. The van der Waals surface area contributed by atoms with Gasteiger partial charge in [0.25, 0.3) is 0 Å². The van der Waals surface area contributed by atoms with Gasteiger partial charge in [-0.3, -0.25) is 0 Å². The van der Waals surface area contributed by atoms with E-state index in [0.29, 0.717) is 12.0 Å². The normalized spacial score (nSPS) is 25.0. The smallest absolute Gasteiger partial charge is 0.160 e. The van der Waals surface area contributed by atoms with Crippen LogP contribution < -0.4 is 0 Å². The van der Waals surface area contributed by atoms with Crippen LogP contribution in [0.4, 0.5) is 0 Å². The number of alkyl halides is 1. The second-order valence-corrected chi connectivity index (χ2v) is 7.35. The number of halogens is 2. The summed E-state index contributed by atoms with van der Waals surface area (Å²) in [4.78, 5) is 9.31. The second kappa shape index (κ2) is 5.64. The van der Waals surface area contributed by atoms with Crippen LogP contribution in [0.15, 0.2) is 16.7 Å². The van der Waals surface area contributed by atoms with Crippen molar-refractivity contribution in [3.8, 4) is 0 Å². The van der Waals surface area contributed by atoms with E-state index in [1.807, 2.05) is 19.2 Å². The van der Waals surface area contributed by atoms with Gasteiger partial charge in [0.15, 0.2) is 5.65 Å². The molecule has 1 fully saturated rings. The molecule has 1 aliphatic rings. The van der Waals surface area contributed by atoms with E-state index in [1.54, 1.807) is 0 Å². The fourth-order valence-corrected chi connectivity index (χ4v) is 3.74. The van der Waals surface area contributed by atoms with Gasteiger partial charge in [0.05, 0.1) is 5.38 Å². The lowest BCUT2D eigenvalue weighted by atomic mass is 9.85. The number of nitrogens with zero attached hydrogens (tertiary/aromatic N) is 3. The Labute approximate surface area is 132 Å². The van der Waals surface area contributed by atoms with Crippen molar-refractivity contribution in [1.82, 2.24) is 14.5 Å². The van der Waals surface area contributed by atoms with E-state index in [0.717, 1.165) is 21.5 Å². The van der Waals surface area contributed by atoms with Crippen molar-refractivity contribution in [2.75, 3.05) is 0 Å². The molecule has 0 bridgehead atoms. The molecule has 0 aliphatic heterocycles. The van der Waals surface area contributed by atoms with Gasteiger partial charge in [-0.15, -0.1) is 11.6 Å². The van der Waals surface area contributed by atoms with E-state index in [9.17, 15) is 0 Å². The maximum Gasteiger partial charge on any atom is 0.160 e. The Bertz CT molecular complexity index is 623. The van der Waals surface area contributed by atoms with Crippen molar-refractivity contribution in [3.63, 3.8) is 0 Å². The van der Waals surface area contributed by atoms with Crippen molar-refractivity contribution in [2.24, 2.45) is 5.92 Å². The van der Waals surface area contributed by atoms with Gasteiger partial charge in [0, 0.05) is 16.7 Å².